The molecule has 1 aromatic carbocycles. The quantitative estimate of drug-likeness (QED) is 0.882. The van der Waals surface area contributed by atoms with E-state index in [4.69, 9.17) is 5.73 Å². The lowest BCUT2D eigenvalue weighted by Gasteiger charge is -2.15. The molecule has 114 valence electrons. The molecule has 1 heterocycles. The number of para-hydroxylation sites is 1. The Morgan fingerprint density at radius 2 is 2.05 bits per heavy atom. The summed E-state index contributed by atoms with van der Waals surface area (Å²) in [6.07, 6.45) is 0.351. The predicted octanol–water partition coefficient (Wildman–Crippen LogP) is 1.69. The first-order chi connectivity index (χ1) is 9.61. The number of hydrogen-bond donors (Lipinski definition) is 2. The lowest BCUT2D eigenvalue weighted by atomic mass is 10.1. The number of pyridine rings is 1. The van der Waals surface area contributed by atoms with Crippen molar-refractivity contribution in [1.29, 1.82) is 0 Å². The molecule has 0 radical (unpaired) electrons. The van der Waals surface area contributed by atoms with Crippen LogP contribution >= 0.6 is 12.4 Å². The summed E-state index contributed by atoms with van der Waals surface area (Å²) in [7, 11) is 3.90. The molecule has 5 nitrogen and oxygen atoms in total. The van der Waals surface area contributed by atoms with Crippen LogP contribution in [0.4, 0.5) is 5.82 Å². The van der Waals surface area contributed by atoms with E-state index in [1.165, 1.54) is 0 Å². The molecule has 1 amide bonds. The first-order valence-corrected chi connectivity index (χ1v) is 6.64. The van der Waals surface area contributed by atoms with Crippen molar-refractivity contribution < 1.29 is 4.79 Å². The summed E-state index contributed by atoms with van der Waals surface area (Å²) in [5, 5.41) is 3.95. The Hall–Kier alpha value is -1.85. The molecule has 0 fully saturated rings. The zero-order chi connectivity index (χ0) is 14.5. The van der Waals surface area contributed by atoms with Crippen LogP contribution in [-0.2, 0) is 11.3 Å². The minimum Gasteiger partial charge on any atom is -0.363 e. The highest BCUT2D eigenvalue weighted by molar-refractivity contribution is 5.85. The lowest BCUT2D eigenvalue weighted by molar-refractivity contribution is -0.121. The van der Waals surface area contributed by atoms with Crippen molar-refractivity contribution in [2.45, 2.75) is 13.0 Å². The zero-order valence-corrected chi connectivity index (χ0v) is 13.1. The molecule has 0 saturated carbocycles. The van der Waals surface area contributed by atoms with E-state index >= 15 is 0 Å². The smallest absolute Gasteiger partial charge is 0.221 e. The summed E-state index contributed by atoms with van der Waals surface area (Å²) in [5.74, 6) is 0.853. The van der Waals surface area contributed by atoms with Gasteiger partial charge in [0.2, 0.25) is 5.91 Å². The molecule has 0 aliphatic carbocycles. The van der Waals surface area contributed by atoms with E-state index in [-0.39, 0.29) is 18.3 Å². The second-order valence-corrected chi connectivity index (χ2v) is 4.87. The van der Waals surface area contributed by atoms with E-state index in [9.17, 15) is 4.79 Å². The van der Waals surface area contributed by atoms with Gasteiger partial charge in [0.25, 0.3) is 0 Å². The van der Waals surface area contributed by atoms with Crippen molar-refractivity contribution in [3.05, 3.63) is 35.9 Å². The number of anilines is 1. The van der Waals surface area contributed by atoms with Crippen LogP contribution in [0.2, 0.25) is 0 Å². The molecule has 6 heteroatoms. The van der Waals surface area contributed by atoms with E-state index in [1.54, 1.807) is 0 Å². The largest absolute Gasteiger partial charge is 0.363 e. The molecule has 1 aromatic heterocycles. The number of amides is 1. The average molecular weight is 309 g/mol. The number of carbonyl (C=O) groups excluding carboxylic acids is 1. The van der Waals surface area contributed by atoms with Gasteiger partial charge in [0, 0.05) is 39.0 Å². The van der Waals surface area contributed by atoms with Gasteiger partial charge in [-0.1, -0.05) is 18.2 Å². The van der Waals surface area contributed by atoms with Gasteiger partial charge < -0.3 is 16.0 Å². The van der Waals surface area contributed by atoms with E-state index < -0.39 is 0 Å². The number of hydrogen-bond acceptors (Lipinski definition) is 4. The standard InChI is InChI=1S/C15H20N4O.ClH/c1-19(2)14-9-11(10-17-15(20)7-8-16)12-5-3-4-6-13(12)18-14;/h3-6,9H,7-8,10,16H2,1-2H3,(H,17,20);1H. The molecular formula is C15H21ClN4O. The summed E-state index contributed by atoms with van der Waals surface area (Å²) < 4.78 is 0. The van der Waals surface area contributed by atoms with E-state index in [2.05, 4.69) is 10.3 Å². The maximum Gasteiger partial charge on any atom is 0.221 e. The highest BCUT2D eigenvalue weighted by Gasteiger charge is 2.08. The second-order valence-electron chi connectivity index (χ2n) is 4.87. The monoisotopic (exact) mass is 308 g/mol. The van der Waals surface area contributed by atoms with Crippen LogP contribution < -0.4 is 16.0 Å². The van der Waals surface area contributed by atoms with Crippen molar-refractivity contribution in [1.82, 2.24) is 10.3 Å². The molecule has 0 aliphatic rings. The number of halogens is 1. The average Bonchev–Trinajstić information content (AvgIpc) is 2.44. The third-order valence-corrected chi connectivity index (χ3v) is 3.09. The number of rotatable bonds is 5. The molecule has 3 N–H and O–H groups in total. The third-order valence-electron chi connectivity index (χ3n) is 3.09. The summed E-state index contributed by atoms with van der Waals surface area (Å²) in [5.41, 5.74) is 7.37. The highest BCUT2D eigenvalue weighted by atomic mass is 35.5. The number of carbonyl (C=O) groups is 1. The van der Waals surface area contributed by atoms with Gasteiger partial charge in [0.05, 0.1) is 5.52 Å². The molecule has 0 bridgehead atoms. The summed E-state index contributed by atoms with van der Waals surface area (Å²) in [6, 6.07) is 9.95. The van der Waals surface area contributed by atoms with Gasteiger partial charge in [-0.15, -0.1) is 12.4 Å². The van der Waals surface area contributed by atoms with Gasteiger partial charge in [-0.05, 0) is 17.7 Å². The first-order valence-electron chi connectivity index (χ1n) is 6.64. The fourth-order valence-electron chi connectivity index (χ4n) is 2.02. The Labute approximate surface area is 130 Å². The number of nitrogens with one attached hydrogen (secondary N) is 1. The molecule has 0 aliphatic heterocycles. The first kappa shape index (κ1) is 17.2. The SMILES string of the molecule is CN(C)c1cc(CNC(=O)CCN)c2ccccc2n1.Cl. The fourth-order valence-corrected chi connectivity index (χ4v) is 2.02. The Kier molecular flexibility index (Phi) is 6.39. The molecule has 2 rings (SSSR count). The lowest BCUT2D eigenvalue weighted by Crippen LogP contribution is -2.25. The highest BCUT2D eigenvalue weighted by Crippen LogP contribution is 2.21. The van der Waals surface area contributed by atoms with Crippen molar-refractivity contribution in [3.63, 3.8) is 0 Å². The van der Waals surface area contributed by atoms with Gasteiger partial charge in [0.1, 0.15) is 5.82 Å². The normalized spacial score (nSPS) is 10.0. The zero-order valence-electron chi connectivity index (χ0n) is 12.3. The number of fused-ring (bicyclic) bond motifs is 1. The number of benzene rings is 1. The number of nitrogens with two attached hydrogens (primary N) is 1. The molecule has 0 spiro atoms. The molecule has 0 unspecified atom stereocenters. The molecule has 2 aromatic rings. The van der Waals surface area contributed by atoms with Crippen LogP contribution in [0.3, 0.4) is 0 Å². The second kappa shape index (κ2) is 7.81. The van der Waals surface area contributed by atoms with E-state index in [1.807, 2.05) is 49.3 Å². The summed E-state index contributed by atoms with van der Waals surface area (Å²) >= 11 is 0. The molecular weight excluding hydrogens is 288 g/mol. The predicted molar refractivity (Wildman–Crippen MR) is 88.8 cm³/mol. The molecule has 21 heavy (non-hydrogen) atoms. The van der Waals surface area contributed by atoms with Gasteiger partial charge in [-0.25, -0.2) is 4.98 Å². The van der Waals surface area contributed by atoms with Crippen LogP contribution in [0.1, 0.15) is 12.0 Å². The topological polar surface area (TPSA) is 71.2 Å². The van der Waals surface area contributed by atoms with Crippen LogP contribution in [0.25, 0.3) is 10.9 Å². The summed E-state index contributed by atoms with van der Waals surface area (Å²) in [6.45, 7) is 0.856. The Morgan fingerprint density at radius 1 is 1.33 bits per heavy atom. The number of nitrogens with zero attached hydrogens (tertiary/aromatic N) is 2. The minimum atomic E-state index is -0.0280. The van der Waals surface area contributed by atoms with E-state index in [0.717, 1.165) is 22.3 Å². The Morgan fingerprint density at radius 3 is 2.71 bits per heavy atom. The van der Waals surface area contributed by atoms with Crippen LogP contribution in [0.5, 0.6) is 0 Å². The van der Waals surface area contributed by atoms with Gasteiger partial charge in [0.15, 0.2) is 0 Å². The minimum absolute atomic E-state index is 0. The Bertz CT molecular complexity index is 616. The van der Waals surface area contributed by atoms with Crippen molar-refractivity contribution in [2.24, 2.45) is 5.73 Å². The van der Waals surface area contributed by atoms with Crippen LogP contribution in [-0.4, -0.2) is 31.5 Å². The fraction of sp³-hybridized carbons (Fsp3) is 0.333. The van der Waals surface area contributed by atoms with Crippen molar-refractivity contribution in [2.75, 3.05) is 25.5 Å². The third kappa shape index (κ3) is 4.31. The maximum atomic E-state index is 11.6. The van der Waals surface area contributed by atoms with Gasteiger partial charge in [-0.2, -0.15) is 0 Å². The summed E-state index contributed by atoms with van der Waals surface area (Å²) in [4.78, 5) is 18.1. The van der Waals surface area contributed by atoms with Crippen molar-refractivity contribution in [3.8, 4) is 0 Å². The maximum absolute atomic E-state index is 11.6. The molecule has 0 atom stereocenters. The van der Waals surface area contributed by atoms with Gasteiger partial charge in [-0.3, -0.25) is 4.79 Å². The van der Waals surface area contributed by atoms with Crippen LogP contribution in [0.15, 0.2) is 30.3 Å². The Balaban J connectivity index is 0.00000220. The molecule has 0 saturated heterocycles. The number of aromatic nitrogens is 1. The van der Waals surface area contributed by atoms with Crippen molar-refractivity contribution >= 4 is 35.0 Å². The van der Waals surface area contributed by atoms with Gasteiger partial charge >= 0.3 is 0 Å². The van der Waals surface area contributed by atoms with E-state index in [0.29, 0.717) is 19.5 Å². The van der Waals surface area contributed by atoms with Crippen LogP contribution in [0, 0.1) is 0 Å².